The molecule has 5 nitrogen and oxygen atoms in total. The van der Waals surface area contributed by atoms with E-state index in [0.717, 1.165) is 0 Å². The highest BCUT2D eigenvalue weighted by atomic mass is 35.5. The maximum atomic E-state index is 12.0. The van der Waals surface area contributed by atoms with Gasteiger partial charge in [0, 0.05) is 12.1 Å². The minimum absolute atomic E-state index is 0.218. The predicted molar refractivity (Wildman–Crippen MR) is 74.6 cm³/mol. The molecule has 0 saturated carbocycles. The molecule has 0 radical (unpaired) electrons. The van der Waals surface area contributed by atoms with Gasteiger partial charge in [0.2, 0.25) is 5.76 Å². The first-order chi connectivity index (χ1) is 9.66. The number of carbonyl (C=O) groups excluding carboxylic acids is 1. The van der Waals surface area contributed by atoms with Crippen LogP contribution in [0.25, 0.3) is 0 Å². The second-order valence-electron chi connectivity index (χ2n) is 4.23. The van der Waals surface area contributed by atoms with Gasteiger partial charge in [0.05, 0.1) is 6.54 Å². The lowest BCUT2D eigenvalue weighted by atomic mass is 10.3. The fourth-order valence-corrected chi connectivity index (χ4v) is 1.73. The van der Waals surface area contributed by atoms with Crippen LogP contribution in [0.5, 0.6) is 5.75 Å². The summed E-state index contributed by atoms with van der Waals surface area (Å²) in [6, 6.07) is 7.07. The van der Waals surface area contributed by atoms with Crippen LogP contribution >= 0.6 is 11.6 Å². The van der Waals surface area contributed by atoms with E-state index in [1.807, 2.05) is 0 Å². The number of benzene rings is 1. The lowest BCUT2D eigenvalue weighted by Crippen LogP contribution is -2.33. The first kappa shape index (κ1) is 14.5. The lowest BCUT2D eigenvalue weighted by molar-refractivity contribution is -0.131. The van der Waals surface area contributed by atoms with E-state index < -0.39 is 0 Å². The molecule has 0 bridgehead atoms. The highest BCUT2D eigenvalue weighted by Gasteiger charge is 2.19. The van der Waals surface area contributed by atoms with E-state index in [1.165, 1.54) is 11.2 Å². The van der Waals surface area contributed by atoms with Gasteiger partial charge < -0.3 is 19.1 Å². The number of hydrogen-bond donors (Lipinski definition) is 0. The Hall–Kier alpha value is -1.88. The van der Waals surface area contributed by atoms with E-state index in [-0.39, 0.29) is 11.7 Å². The van der Waals surface area contributed by atoms with Crippen molar-refractivity contribution >= 4 is 17.5 Å². The van der Waals surface area contributed by atoms with E-state index in [0.29, 0.717) is 37.1 Å². The van der Waals surface area contributed by atoms with Crippen LogP contribution in [-0.2, 0) is 14.3 Å². The Morgan fingerprint density at radius 2 is 2.10 bits per heavy atom. The number of nitrogens with zero attached hydrogens (tertiary/aromatic N) is 1. The quantitative estimate of drug-likeness (QED) is 0.835. The van der Waals surface area contributed by atoms with Crippen LogP contribution in [0.3, 0.4) is 0 Å². The summed E-state index contributed by atoms with van der Waals surface area (Å²) in [6.07, 6.45) is 1.35. The SMILES string of the molecule is CN(CCOc1ccc(Cl)cc1)C(=O)C1=COCCO1. The average Bonchev–Trinajstić information content (AvgIpc) is 2.49. The van der Waals surface area contributed by atoms with Crippen molar-refractivity contribution in [2.75, 3.05) is 33.4 Å². The standard InChI is InChI=1S/C14H16ClNO4/c1-16(14(17)13-10-18-8-9-20-13)6-7-19-12-4-2-11(15)3-5-12/h2-5,10H,6-9H2,1H3. The summed E-state index contributed by atoms with van der Waals surface area (Å²) in [7, 11) is 1.69. The molecule has 20 heavy (non-hydrogen) atoms. The molecule has 0 fully saturated rings. The van der Waals surface area contributed by atoms with Crippen molar-refractivity contribution in [1.82, 2.24) is 4.90 Å². The number of rotatable bonds is 5. The number of amides is 1. The number of hydrogen-bond acceptors (Lipinski definition) is 4. The molecule has 0 spiro atoms. The van der Waals surface area contributed by atoms with Crippen molar-refractivity contribution in [1.29, 1.82) is 0 Å². The summed E-state index contributed by atoms with van der Waals surface area (Å²) in [5.41, 5.74) is 0. The van der Waals surface area contributed by atoms with Crippen LogP contribution in [0.2, 0.25) is 5.02 Å². The molecular formula is C14H16ClNO4. The van der Waals surface area contributed by atoms with Gasteiger partial charge in [-0.1, -0.05) is 11.6 Å². The summed E-state index contributed by atoms with van der Waals surface area (Å²) >= 11 is 5.78. The van der Waals surface area contributed by atoms with Gasteiger partial charge >= 0.3 is 0 Å². The normalized spacial score (nSPS) is 13.8. The van der Waals surface area contributed by atoms with Gasteiger partial charge in [-0.2, -0.15) is 0 Å². The Kier molecular flexibility index (Phi) is 5.12. The molecule has 0 saturated heterocycles. The van der Waals surface area contributed by atoms with Crippen molar-refractivity contribution in [3.63, 3.8) is 0 Å². The van der Waals surface area contributed by atoms with E-state index >= 15 is 0 Å². The highest BCUT2D eigenvalue weighted by molar-refractivity contribution is 6.30. The zero-order chi connectivity index (χ0) is 14.4. The number of halogens is 1. The molecule has 1 amide bonds. The molecule has 6 heteroatoms. The van der Waals surface area contributed by atoms with Gasteiger partial charge in [0.15, 0.2) is 0 Å². The van der Waals surface area contributed by atoms with E-state index in [1.54, 1.807) is 31.3 Å². The van der Waals surface area contributed by atoms with Crippen LogP contribution in [0.1, 0.15) is 0 Å². The zero-order valence-electron chi connectivity index (χ0n) is 11.2. The molecular weight excluding hydrogens is 282 g/mol. The molecule has 0 atom stereocenters. The third-order valence-corrected chi connectivity index (χ3v) is 2.97. The predicted octanol–water partition coefficient (Wildman–Crippen LogP) is 2.07. The minimum atomic E-state index is -0.218. The molecule has 0 aliphatic carbocycles. The summed E-state index contributed by atoms with van der Waals surface area (Å²) < 4.78 is 15.8. The van der Waals surface area contributed by atoms with E-state index in [9.17, 15) is 4.79 Å². The highest BCUT2D eigenvalue weighted by Crippen LogP contribution is 2.15. The van der Waals surface area contributed by atoms with Crippen molar-refractivity contribution in [2.45, 2.75) is 0 Å². The van der Waals surface area contributed by atoms with Gasteiger partial charge in [0.1, 0.15) is 31.8 Å². The van der Waals surface area contributed by atoms with Crippen LogP contribution in [-0.4, -0.2) is 44.2 Å². The monoisotopic (exact) mass is 297 g/mol. The summed E-state index contributed by atoms with van der Waals surface area (Å²) in [5.74, 6) is 0.723. The van der Waals surface area contributed by atoms with Crippen LogP contribution in [0.4, 0.5) is 0 Å². The molecule has 1 aromatic carbocycles. The van der Waals surface area contributed by atoms with Crippen molar-refractivity contribution < 1.29 is 19.0 Å². The maximum Gasteiger partial charge on any atom is 0.292 e. The van der Waals surface area contributed by atoms with Gasteiger partial charge in [-0.15, -0.1) is 0 Å². The zero-order valence-corrected chi connectivity index (χ0v) is 11.9. The molecule has 1 aliphatic rings. The van der Waals surface area contributed by atoms with Crippen LogP contribution < -0.4 is 4.74 Å². The topological polar surface area (TPSA) is 48.0 Å². The molecule has 0 unspecified atom stereocenters. The van der Waals surface area contributed by atoms with Crippen LogP contribution in [0, 0.1) is 0 Å². The molecule has 0 N–H and O–H groups in total. The first-order valence-corrected chi connectivity index (χ1v) is 6.63. The molecule has 2 rings (SSSR count). The number of likely N-dealkylation sites (N-methyl/N-ethyl adjacent to an activating group) is 1. The number of ether oxygens (including phenoxy) is 3. The average molecular weight is 298 g/mol. The van der Waals surface area contributed by atoms with Gasteiger partial charge in [0.25, 0.3) is 5.91 Å². The molecule has 1 aromatic rings. The number of carbonyl (C=O) groups is 1. The third-order valence-electron chi connectivity index (χ3n) is 2.72. The maximum absolute atomic E-state index is 12.0. The van der Waals surface area contributed by atoms with Crippen molar-refractivity contribution in [2.24, 2.45) is 0 Å². The Balaban J connectivity index is 1.77. The Bertz CT molecular complexity index is 486. The van der Waals surface area contributed by atoms with E-state index in [4.69, 9.17) is 25.8 Å². The summed E-state index contributed by atoms with van der Waals surface area (Å²) in [4.78, 5) is 13.5. The third kappa shape index (κ3) is 4.06. The Labute approximate surface area is 122 Å². The van der Waals surface area contributed by atoms with E-state index in [2.05, 4.69) is 0 Å². The molecule has 108 valence electrons. The van der Waals surface area contributed by atoms with Gasteiger partial charge in [-0.25, -0.2) is 0 Å². The first-order valence-electron chi connectivity index (χ1n) is 6.25. The second-order valence-corrected chi connectivity index (χ2v) is 4.67. The molecule has 1 heterocycles. The largest absolute Gasteiger partial charge is 0.494 e. The second kappa shape index (κ2) is 7.05. The fourth-order valence-electron chi connectivity index (χ4n) is 1.60. The molecule has 0 aromatic heterocycles. The van der Waals surface area contributed by atoms with Crippen molar-refractivity contribution in [3.8, 4) is 5.75 Å². The Morgan fingerprint density at radius 3 is 2.75 bits per heavy atom. The van der Waals surface area contributed by atoms with Crippen LogP contribution in [0.15, 0.2) is 36.3 Å². The minimum Gasteiger partial charge on any atom is -0.494 e. The van der Waals surface area contributed by atoms with Gasteiger partial charge in [-0.3, -0.25) is 4.79 Å². The van der Waals surface area contributed by atoms with Crippen molar-refractivity contribution in [3.05, 3.63) is 41.3 Å². The Morgan fingerprint density at radius 1 is 1.35 bits per heavy atom. The molecule has 1 aliphatic heterocycles. The summed E-state index contributed by atoms with van der Waals surface area (Å²) in [5, 5.41) is 0.658. The fraction of sp³-hybridized carbons (Fsp3) is 0.357. The smallest absolute Gasteiger partial charge is 0.292 e. The lowest BCUT2D eigenvalue weighted by Gasteiger charge is -2.21. The summed E-state index contributed by atoms with van der Waals surface area (Å²) in [6.45, 7) is 1.70. The van der Waals surface area contributed by atoms with Gasteiger partial charge in [-0.05, 0) is 24.3 Å².